The second-order valence-corrected chi connectivity index (χ2v) is 4.97. The number of benzene rings is 1. The number of amides is 1. The van der Waals surface area contributed by atoms with Gasteiger partial charge < -0.3 is 5.32 Å². The maximum Gasteiger partial charge on any atom is 0.282 e. The first kappa shape index (κ1) is 14.5. The highest BCUT2D eigenvalue weighted by molar-refractivity contribution is 7.98. The number of nitrogens with one attached hydrogen (secondary N) is 1. The molecule has 0 saturated heterocycles. The highest BCUT2D eigenvalue weighted by atomic mass is 32.2. The van der Waals surface area contributed by atoms with Crippen molar-refractivity contribution in [3.05, 3.63) is 39.4 Å². The Morgan fingerprint density at radius 2 is 2.22 bits per heavy atom. The zero-order chi connectivity index (χ0) is 13.7. The van der Waals surface area contributed by atoms with Crippen LogP contribution >= 0.6 is 11.8 Å². The molecule has 18 heavy (non-hydrogen) atoms. The van der Waals surface area contributed by atoms with E-state index in [1.807, 2.05) is 13.2 Å². The summed E-state index contributed by atoms with van der Waals surface area (Å²) in [5.74, 6) is 0.382. The molecule has 0 aliphatic rings. The van der Waals surface area contributed by atoms with Gasteiger partial charge in [0.15, 0.2) is 0 Å². The first-order valence-corrected chi connectivity index (χ1v) is 6.90. The molecule has 1 unspecified atom stereocenters. The van der Waals surface area contributed by atoms with Gasteiger partial charge in [0.2, 0.25) is 0 Å². The molecule has 0 bridgehead atoms. The van der Waals surface area contributed by atoms with Crippen molar-refractivity contribution in [2.75, 3.05) is 12.0 Å². The maximum absolute atomic E-state index is 12.1. The van der Waals surface area contributed by atoms with Crippen molar-refractivity contribution in [3.8, 4) is 0 Å². The molecule has 0 aliphatic carbocycles. The van der Waals surface area contributed by atoms with E-state index >= 15 is 0 Å². The summed E-state index contributed by atoms with van der Waals surface area (Å²) in [4.78, 5) is 22.4. The fraction of sp³-hybridized carbons (Fsp3) is 0.417. The lowest BCUT2D eigenvalue weighted by Crippen LogP contribution is -2.35. The lowest BCUT2D eigenvalue weighted by atomic mass is 10.1. The number of thioether (sulfide) groups is 1. The van der Waals surface area contributed by atoms with Crippen molar-refractivity contribution in [2.24, 2.45) is 0 Å². The van der Waals surface area contributed by atoms with Gasteiger partial charge in [-0.2, -0.15) is 11.8 Å². The van der Waals surface area contributed by atoms with Crippen LogP contribution in [0.15, 0.2) is 18.2 Å². The van der Waals surface area contributed by atoms with Crippen LogP contribution in [-0.4, -0.2) is 28.9 Å². The summed E-state index contributed by atoms with van der Waals surface area (Å²) in [6.45, 7) is 3.57. The minimum absolute atomic E-state index is 0.0216. The van der Waals surface area contributed by atoms with Gasteiger partial charge in [-0.25, -0.2) is 0 Å². The van der Waals surface area contributed by atoms with Gasteiger partial charge in [0.05, 0.1) is 4.92 Å². The monoisotopic (exact) mass is 268 g/mol. The van der Waals surface area contributed by atoms with Gasteiger partial charge in [-0.3, -0.25) is 14.9 Å². The van der Waals surface area contributed by atoms with Gasteiger partial charge in [0.1, 0.15) is 5.56 Å². The largest absolute Gasteiger partial charge is 0.349 e. The summed E-state index contributed by atoms with van der Waals surface area (Å²) in [6, 6.07) is 4.60. The smallest absolute Gasteiger partial charge is 0.282 e. The van der Waals surface area contributed by atoms with Gasteiger partial charge in [-0.15, -0.1) is 0 Å². The molecule has 5 nitrogen and oxygen atoms in total. The molecule has 1 atom stereocenters. The Morgan fingerprint density at radius 3 is 2.78 bits per heavy atom. The Bertz CT molecular complexity index is 463. The lowest BCUT2D eigenvalue weighted by Gasteiger charge is -2.13. The van der Waals surface area contributed by atoms with Gasteiger partial charge in [-0.05, 0) is 25.7 Å². The van der Waals surface area contributed by atoms with E-state index in [-0.39, 0.29) is 23.2 Å². The third-order valence-electron chi connectivity index (χ3n) is 2.47. The molecule has 98 valence electrons. The minimum Gasteiger partial charge on any atom is -0.349 e. The molecule has 1 amide bonds. The van der Waals surface area contributed by atoms with Crippen LogP contribution < -0.4 is 5.32 Å². The normalized spacial score (nSPS) is 11.9. The number of hydrogen-bond donors (Lipinski definition) is 1. The summed E-state index contributed by atoms with van der Waals surface area (Å²) >= 11 is 1.61. The highest BCUT2D eigenvalue weighted by Crippen LogP contribution is 2.21. The molecule has 1 rings (SSSR count). The van der Waals surface area contributed by atoms with Crippen LogP contribution in [0.4, 0.5) is 5.69 Å². The average Bonchev–Trinajstić information content (AvgIpc) is 2.28. The van der Waals surface area contributed by atoms with Crippen LogP contribution in [0.5, 0.6) is 0 Å². The fourth-order valence-electron chi connectivity index (χ4n) is 1.69. The van der Waals surface area contributed by atoms with E-state index in [0.29, 0.717) is 5.56 Å². The van der Waals surface area contributed by atoms with Crippen molar-refractivity contribution in [3.63, 3.8) is 0 Å². The third kappa shape index (κ3) is 3.46. The van der Waals surface area contributed by atoms with Crippen LogP contribution in [0.3, 0.4) is 0 Å². The summed E-state index contributed by atoms with van der Waals surface area (Å²) in [5.41, 5.74) is 0.609. The van der Waals surface area contributed by atoms with E-state index in [4.69, 9.17) is 0 Å². The van der Waals surface area contributed by atoms with E-state index in [1.54, 1.807) is 30.8 Å². The summed E-state index contributed by atoms with van der Waals surface area (Å²) < 4.78 is 0. The predicted molar refractivity (Wildman–Crippen MR) is 73.1 cm³/mol. The van der Waals surface area contributed by atoms with Crippen molar-refractivity contribution >= 4 is 23.4 Å². The third-order valence-corrected chi connectivity index (χ3v) is 3.30. The number of hydrogen-bond acceptors (Lipinski definition) is 4. The molecule has 6 heteroatoms. The second-order valence-electron chi connectivity index (χ2n) is 4.06. The number of carbonyl (C=O) groups excluding carboxylic acids is 1. The second kappa shape index (κ2) is 6.39. The number of carbonyl (C=O) groups is 1. The van der Waals surface area contributed by atoms with Gasteiger partial charge in [0.25, 0.3) is 11.6 Å². The quantitative estimate of drug-likeness (QED) is 0.657. The number of aryl methyl sites for hydroxylation is 1. The van der Waals surface area contributed by atoms with E-state index in [2.05, 4.69) is 5.32 Å². The van der Waals surface area contributed by atoms with Crippen LogP contribution in [0.25, 0.3) is 0 Å². The first-order chi connectivity index (χ1) is 8.47. The molecule has 0 heterocycles. The Kier molecular flexibility index (Phi) is 5.15. The van der Waals surface area contributed by atoms with E-state index < -0.39 is 4.92 Å². The van der Waals surface area contributed by atoms with Crippen molar-refractivity contribution in [2.45, 2.75) is 19.9 Å². The number of nitro groups is 1. The number of nitrogens with zero attached hydrogens (tertiary/aromatic N) is 1. The van der Waals surface area contributed by atoms with Crippen molar-refractivity contribution in [1.82, 2.24) is 5.32 Å². The average molecular weight is 268 g/mol. The van der Waals surface area contributed by atoms with E-state index in [9.17, 15) is 14.9 Å². The van der Waals surface area contributed by atoms with E-state index in [0.717, 1.165) is 5.75 Å². The van der Waals surface area contributed by atoms with Crippen LogP contribution in [0.1, 0.15) is 22.8 Å². The summed E-state index contributed by atoms with van der Waals surface area (Å²) in [7, 11) is 0. The molecule has 0 fully saturated rings. The first-order valence-electron chi connectivity index (χ1n) is 5.51. The van der Waals surface area contributed by atoms with Crippen molar-refractivity contribution in [1.29, 1.82) is 0 Å². The van der Waals surface area contributed by atoms with Gasteiger partial charge in [0, 0.05) is 17.9 Å². The summed E-state index contributed by atoms with van der Waals surface area (Å²) in [6.07, 6.45) is 1.94. The van der Waals surface area contributed by atoms with E-state index in [1.165, 1.54) is 6.07 Å². The molecule has 0 aliphatic heterocycles. The van der Waals surface area contributed by atoms with Crippen LogP contribution in [0.2, 0.25) is 0 Å². The Hall–Kier alpha value is -1.56. The number of rotatable bonds is 5. The SMILES string of the molecule is CSCC(C)NC(=O)c1c(C)cccc1[N+](=O)[O-]. The van der Waals surface area contributed by atoms with Crippen molar-refractivity contribution < 1.29 is 9.72 Å². The number of nitro benzene ring substituents is 1. The Morgan fingerprint density at radius 1 is 1.56 bits per heavy atom. The molecule has 0 radical (unpaired) electrons. The Balaban J connectivity index is 3.01. The molecule has 1 N–H and O–H groups in total. The highest BCUT2D eigenvalue weighted by Gasteiger charge is 2.22. The lowest BCUT2D eigenvalue weighted by molar-refractivity contribution is -0.385. The topological polar surface area (TPSA) is 72.2 Å². The zero-order valence-corrected chi connectivity index (χ0v) is 11.4. The molecule has 0 aromatic heterocycles. The van der Waals surface area contributed by atoms with Gasteiger partial charge >= 0.3 is 0 Å². The Labute approximate surface area is 110 Å². The fourth-order valence-corrected chi connectivity index (χ4v) is 2.27. The molecule has 0 spiro atoms. The predicted octanol–water partition coefficient (Wildman–Crippen LogP) is 2.38. The van der Waals surface area contributed by atoms with Gasteiger partial charge in [-0.1, -0.05) is 12.1 Å². The minimum atomic E-state index is -0.527. The molecule has 1 aromatic rings. The summed E-state index contributed by atoms with van der Waals surface area (Å²) in [5, 5.41) is 13.7. The van der Waals surface area contributed by atoms with Crippen LogP contribution in [0, 0.1) is 17.0 Å². The molecular weight excluding hydrogens is 252 g/mol. The van der Waals surface area contributed by atoms with Crippen LogP contribution in [-0.2, 0) is 0 Å². The molecule has 1 aromatic carbocycles. The maximum atomic E-state index is 12.1. The zero-order valence-electron chi connectivity index (χ0n) is 10.6. The standard InChI is InChI=1S/C12H16N2O3S/c1-8-5-4-6-10(14(16)17)11(8)12(15)13-9(2)7-18-3/h4-6,9H,7H2,1-3H3,(H,13,15). The molecule has 0 saturated carbocycles. The molecular formula is C12H16N2O3S.